The van der Waals surface area contributed by atoms with Gasteiger partial charge in [0, 0.05) is 19.2 Å². The molecule has 0 atom stereocenters. The van der Waals surface area contributed by atoms with Crippen molar-refractivity contribution in [1.82, 2.24) is 20.1 Å². The lowest BCUT2D eigenvalue weighted by Crippen LogP contribution is -2.09. The summed E-state index contributed by atoms with van der Waals surface area (Å²) in [4.78, 5) is 14.8. The van der Waals surface area contributed by atoms with E-state index < -0.39 is 4.92 Å². The van der Waals surface area contributed by atoms with Crippen LogP contribution in [0.25, 0.3) is 0 Å². The van der Waals surface area contributed by atoms with Crippen molar-refractivity contribution in [2.45, 2.75) is 26.6 Å². The van der Waals surface area contributed by atoms with Crippen LogP contribution in [-0.2, 0) is 19.7 Å². The summed E-state index contributed by atoms with van der Waals surface area (Å²) in [5.41, 5.74) is 0.776. The third-order valence-electron chi connectivity index (χ3n) is 2.95. The minimum absolute atomic E-state index is 0.0506. The van der Waals surface area contributed by atoms with Gasteiger partial charge in [-0.25, -0.2) is 9.67 Å². The molecule has 2 rings (SSSR count). The molecule has 0 unspecified atom stereocenters. The van der Waals surface area contributed by atoms with Crippen LogP contribution in [-0.4, -0.2) is 26.7 Å². The maximum atomic E-state index is 11.1. The monoisotopic (exact) mass is 291 g/mol. The molecule has 0 aliphatic heterocycles. The summed E-state index contributed by atoms with van der Waals surface area (Å²) in [6.07, 6.45) is 1.44. The topological polar surface area (TPSA) is 95.1 Å². The Kier molecular flexibility index (Phi) is 4.83. The van der Waals surface area contributed by atoms with Crippen LogP contribution in [0.15, 0.2) is 24.5 Å². The molecule has 21 heavy (non-hydrogen) atoms. The second-order valence-corrected chi connectivity index (χ2v) is 4.37. The zero-order valence-corrected chi connectivity index (χ0v) is 11.9. The molecule has 112 valence electrons. The number of nitro benzene ring substituents is 1. The Morgan fingerprint density at radius 2 is 2.29 bits per heavy atom. The van der Waals surface area contributed by atoms with Crippen molar-refractivity contribution in [3.63, 3.8) is 0 Å². The van der Waals surface area contributed by atoms with Gasteiger partial charge in [-0.1, -0.05) is 6.07 Å². The summed E-state index contributed by atoms with van der Waals surface area (Å²) in [6, 6.07) is 4.91. The largest absolute Gasteiger partial charge is 0.479 e. The van der Waals surface area contributed by atoms with E-state index in [-0.39, 0.29) is 18.0 Å². The summed E-state index contributed by atoms with van der Waals surface area (Å²) < 4.78 is 7.21. The van der Waals surface area contributed by atoms with Gasteiger partial charge < -0.3 is 10.1 Å². The molecule has 2 aromatic rings. The van der Waals surface area contributed by atoms with Crippen LogP contribution >= 0.6 is 0 Å². The first-order chi connectivity index (χ1) is 10.2. The van der Waals surface area contributed by atoms with E-state index in [0.717, 1.165) is 5.56 Å². The minimum atomic E-state index is -0.445. The van der Waals surface area contributed by atoms with Gasteiger partial charge in [0.2, 0.25) is 0 Å². The Morgan fingerprint density at radius 1 is 1.48 bits per heavy atom. The highest BCUT2D eigenvalue weighted by molar-refractivity contribution is 5.48. The van der Waals surface area contributed by atoms with E-state index in [1.54, 1.807) is 23.9 Å². The van der Waals surface area contributed by atoms with Gasteiger partial charge in [-0.15, -0.1) is 0 Å². The van der Waals surface area contributed by atoms with Crippen molar-refractivity contribution in [3.05, 3.63) is 46.0 Å². The first-order valence-corrected chi connectivity index (χ1v) is 6.57. The number of aryl methyl sites for hydroxylation is 1. The zero-order valence-electron chi connectivity index (χ0n) is 11.9. The average Bonchev–Trinajstić information content (AvgIpc) is 2.93. The van der Waals surface area contributed by atoms with E-state index in [2.05, 4.69) is 15.4 Å². The fraction of sp³-hybridized carbons (Fsp3) is 0.385. The SMILES string of the molecule is CCn1ncnc1COc1ccc(CNC)cc1[N+](=O)[O-]. The van der Waals surface area contributed by atoms with Crippen LogP contribution < -0.4 is 10.1 Å². The molecule has 0 spiro atoms. The van der Waals surface area contributed by atoms with Gasteiger partial charge >= 0.3 is 5.69 Å². The summed E-state index contributed by atoms with van der Waals surface area (Å²) in [6.45, 7) is 3.31. The van der Waals surface area contributed by atoms with Crippen LogP contribution in [0, 0.1) is 10.1 Å². The van der Waals surface area contributed by atoms with Crippen molar-refractivity contribution in [1.29, 1.82) is 0 Å². The van der Waals surface area contributed by atoms with Crippen LogP contribution in [0.4, 0.5) is 5.69 Å². The van der Waals surface area contributed by atoms with E-state index in [4.69, 9.17) is 4.74 Å². The van der Waals surface area contributed by atoms with Gasteiger partial charge in [0.05, 0.1) is 4.92 Å². The smallest absolute Gasteiger partial charge is 0.311 e. The highest BCUT2D eigenvalue weighted by Gasteiger charge is 2.16. The van der Waals surface area contributed by atoms with E-state index in [0.29, 0.717) is 18.9 Å². The summed E-state index contributed by atoms with van der Waals surface area (Å²) in [7, 11) is 1.79. The van der Waals surface area contributed by atoms with Gasteiger partial charge in [-0.3, -0.25) is 10.1 Å². The van der Waals surface area contributed by atoms with Gasteiger partial charge in [0.15, 0.2) is 11.6 Å². The molecule has 0 aliphatic rings. The van der Waals surface area contributed by atoms with Crippen molar-refractivity contribution in [2.24, 2.45) is 0 Å². The van der Waals surface area contributed by atoms with E-state index in [1.165, 1.54) is 12.4 Å². The van der Waals surface area contributed by atoms with Crippen molar-refractivity contribution >= 4 is 5.69 Å². The molecule has 0 fully saturated rings. The van der Waals surface area contributed by atoms with Gasteiger partial charge in [-0.2, -0.15) is 5.10 Å². The lowest BCUT2D eigenvalue weighted by atomic mass is 10.2. The fourth-order valence-electron chi connectivity index (χ4n) is 1.95. The van der Waals surface area contributed by atoms with Gasteiger partial charge in [0.1, 0.15) is 12.9 Å². The van der Waals surface area contributed by atoms with Crippen LogP contribution in [0.3, 0.4) is 0 Å². The molecule has 8 heteroatoms. The Hall–Kier alpha value is -2.48. The first-order valence-electron chi connectivity index (χ1n) is 6.57. The molecule has 0 radical (unpaired) electrons. The number of nitro groups is 1. The van der Waals surface area contributed by atoms with E-state index in [1.807, 2.05) is 6.92 Å². The molecular formula is C13H17N5O3. The summed E-state index contributed by atoms with van der Waals surface area (Å²) in [5.74, 6) is 0.858. The number of nitrogens with one attached hydrogen (secondary N) is 1. The number of rotatable bonds is 7. The molecule has 0 aliphatic carbocycles. The van der Waals surface area contributed by atoms with Crippen molar-refractivity contribution in [3.8, 4) is 5.75 Å². The Bertz CT molecular complexity index is 626. The first kappa shape index (κ1) is 14.9. The standard InChI is InChI=1S/C13H17N5O3/c1-3-17-13(15-9-16-17)8-21-12-5-4-10(7-14-2)6-11(12)18(19)20/h4-6,9,14H,3,7-8H2,1-2H3. The molecule has 1 aromatic carbocycles. The average molecular weight is 291 g/mol. The summed E-state index contributed by atoms with van der Waals surface area (Å²) in [5, 5.41) is 18.1. The second kappa shape index (κ2) is 6.80. The van der Waals surface area contributed by atoms with E-state index >= 15 is 0 Å². The molecule has 1 aromatic heterocycles. The number of ether oxygens (including phenoxy) is 1. The minimum Gasteiger partial charge on any atom is -0.479 e. The van der Waals surface area contributed by atoms with Gasteiger partial charge in [0.25, 0.3) is 0 Å². The normalized spacial score (nSPS) is 10.6. The predicted molar refractivity (Wildman–Crippen MR) is 75.9 cm³/mol. The summed E-state index contributed by atoms with van der Waals surface area (Å²) >= 11 is 0. The lowest BCUT2D eigenvalue weighted by Gasteiger charge is -2.08. The Balaban J connectivity index is 2.17. The molecule has 8 nitrogen and oxygen atoms in total. The molecule has 1 N–H and O–H groups in total. The number of hydrogen-bond donors (Lipinski definition) is 1. The lowest BCUT2D eigenvalue weighted by molar-refractivity contribution is -0.386. The maximum Gasteiger partial charge on any atom is 0.311 e. The number of benzene rings is 1. The van der Waals surface area contributed by atoms with E-state index in [9.17, 15) is 10.1 Å². The quantitative estimate of drug-likeness (QED) is 0.613. The zero-order chi connectivity index (χ0) is 15.2. The van der Waals surface area contributed by atoms with Crippen LogP contribution in [0.1, 0.15) is 18.3 Å². The fourth-order valence-corrected chi connectivity index (χ4v) is 1.95. The Labute approximate surface area is 121 Å². The van der Waals surface area contributed by atoms with Crippen LogP contribution in [0.2, 0.25) is 0 Å². The van der Waals surface area contributed by atoms with Gasteiger partial charge in [-0.05, 0) is 25.6 Å². The highest BCUT2D eigenvalue weighted by atomic mass is 16.6. The number of aromatic nitrogens is 3. The number of nitrogens with zero attached hydrogens (tertiary/aromatic N) is 4. The van der Waals surface area contributed by atoms with Crippen LogP contribution in [0.5, 0.6) is 5.75 Å². The second-order valence-electron chi connectivity index (χ2n) is 4.37. The molecule has 1 heterocycles. The molecule has 0 saturated heterocycles. The molecule has 0 saturated carbocycles. The molecule has 0 bridgehead atoms. The third-order valence-corrected chi connectivity index (χ3v) is 2.95. The maximum absolute atomic E-state index is 11.1. The Morgan fingerprint density at radius 3 is 2.95 bits per heavy atom. The molecular weight excluding hydrogens is 274 g/mol. The van der Waals surface area contributed by atoms with Crippen molar-refractivity contribution < 1.29 is 9.66 Å². The number of hydrogen-bond acceptors (Lipinski definition) is 6. The van der Waals surface area contributed by atoms with Crippen molar-refractivity contribution in [2.75, 3.05) is 7.05 Å². The highest BCUT2D eigenvalue weighted by Crippen LogP contribution is 2.28. The predicted octanol–water partition coefficient (Wildman–Crippen LogP) is 1.50. The third kappa shape index (κ3) is 3.54. The molecule has 0 amide bonds.